The second-order valence-corrected chi connectivity index (χ2v) is 6.33. The van der Waals surface area contributed by atoms with E-state index in [9.17, 15) is 4.79 Å². The number of methoxy groups -OCH3 is 1. The smallest absolute Gasteiger partial charge is 0.225 e. The number of aryl methyl sites for hydroxylation is 1. The zero-order chi connectivity index (χ0) is 18.2. The highest BCUT2D eigenvalue weighted by Crippen LogP contribution is 2.19. The number of aromatic nitrogens is 2. The number of hydrogen-bond donors (Lipinski definition) is 2. The van der Waals surface area contributed by atoms with Crippen LogP contribution in [0.3, 0.4) is 0 Å². The maximum Gasteiger partial charge on any atom is 0.225 e. The summed E-state index contributed by atoms with van der Waals surface area (Å²) in [4.78, 5) is 25.1. The fourth-order valence-corrected chi connectivity index (χ4v) is 2.84. The van der Waals surface area contributed by atoms with Crippen molar-refractivity contribution in [2.24, 2.45) is 0 Å². The summed E-state index contributed by atoms with van der Waals surface area (Å²) in [6.45, 7) is 7.37. The van der Waals surface area contributed by atoms with Crippen LogP contribution in [0.2, 0.25) is 0 Å². The van der Waals surface area contributed by atoms with Crippen LogP contribution in [0.15, 0.2) is 6.07 Å². The van der Waals surface area contributed by atoms with Crippen molar-refractivity contribution >= 4 is 17.5 Å². The predicted octanol–water partition coefficient (Wildman–Crippen LogP) is 0.653. The van der Waals surface area contributed by atoms with E-state index in [1.54, 1.807) is 7.11 Å². The van der Waals surface area contributed by atoms with Gasteiger partial charge in [-0.3, -0.25) is 4.79 Å². The Bertz CT molecular complexity index is 561. The largest absolute Gasteiger partial charge is 0.396 e. The third kappa shape index (κ3) is 5.82. The number of aliphatic hydroxyl groups is 1. The second-order valence-electron chi connectivity index (χ2n) is 6.33. The highest BCUT2D eigenvalue weighted by Gasteiger charge is 2.22. The van der Waals surface area contributed by atoms with Crippen molar-refractivity contribution in [3.8, 4) is 0 Å². The van der Waals surface area contributed by atoms with Crippen LogP contribution in [0.4, 0.5) is 11.6 Å². The molecule has 8 nitrogen and oxygen atoms in total. The van der Waals surface area contributed by atoms with Crippen LogP contribution in [0.1, 0.15) is 25.6 Å². The lowest BCUT2D eigenvalue weighted by Crippen LogP contribution is -2.49. The molecule has 2 heterocycles. The molecule has 0 saturated carbocycles. The molecule has 0 radical (unpaired) electrons. The number of anilines is 2. The van der Waals surface area contributed by atoms with Gasteiger partial charge in [-0.25, -0.2) is 9.97 Å². The Labute approximate surface area is 149 Å². The number of carbonyl (C=O) groups is 1. The van der Waals surface area contributed by atoms with Gasteiger partial charge < -0.3 is 25.0 Å². The highest BCUT2D eigenvalue weighted by atomic mass is 16.5. The van der Waals surface area contributed by atoms with Crippen LogP contribution in [0.25, 0.3) is 0 Å². The van der Waals surface area contributed by atoms with Gasteiger partial charge in [-0.1, -0.05) is 0 Å². The lowest BCUT2D eigenvalue weighted by Gasteiger charge is -2.35. The van der Waals surface area contributed by atoms with Gasteiger partial charge in [0.15, 0.2) is 0 Å². The molecule has 0 bridgehead atoms. The van der Waals surface area contributed by atoms with Crippen LogP contribution in [0.5, 0.6) is 0 Å². The van der Waals surface area contributed by atoms with Gasteiger partial charge in [-0.2, -0.15) is 0 Å². The molecule has 2 N–H and O–H groups in total. The molecule has 1 aromatic heterocycles. The van der Waals surface area contributed by atoms with Crippen molar-refractivity contribution in [3.63, 3.8) is 0 Å². The summed E-state index contributed by atoms with van der Waals surface area (Å²) >= 11 is 0. The maximum absolute atomic E-state index is 12.1. The number of nitrogens with one attached hydrogen (secondary N) is 1. The molecule has 1 saturated heterocycles. The van der Waals surface area contributed by atoms with Gasteiger partial charge in [0.25, 0.3) is 0 Å². The number of aliphatic hydroxyl groups excluding tert-OH is 1. The summed E-state index contributed by atoms with van der Waals surface area (Å²) in [6, 6.07) is 2.07. The maximum atomic E-state index is 12.1. The lowest BCUT2D eigenvalue weighted by molar-refractivity contribution is -0.132. The van der Waals surface area contributed by atoms with E-state index in [1.807, 2.05) is 24.8 Å². The third-order valence-electron chi connectivity index (χ3n) is 4.26. The molecule has 1 atom stereocenters. The predicted molar refractivity (Wildman–Crippen MR) is 96.8 cm³/mol. The number of rotatable bonds is 8. The molecule has 140 valence electrons. The fraction of sp³-hybridized carbons (Fsp3) is 0.706. The minimum atomic E-state index is 0.139. The van der Waals surface area contributed by atoms with Crippen LogP contribution in [-0.4, -0.2) is 78.4 Å². The van der Waals surface area contributed by atoms with E-state index in [4.69, 9.17) is 9.84 Å². The second kappa shape index (κ2) is 9.53. The van der Waals surface area contributed by atoms with Crippen molar-refractivity contribution in [1.82, 2.24) is 14.9 Å². The lowest BCUT2D eigenvalue weighted by atomic mass is 10.2. The Morgan fingerprint density at radius 3 is 2.72 bits per heavy atom. The van der Waals surface area contributed by atoms with Crippen molar-refractivity contribution in [2.45, 2.75) is 32.7 Å². The van der Waals surface area contributed by atoms with Gasteiger partial charge in [0, 0.05) is 52.0 Å². The van der Waals surface area contributed by atoms with E-state index in [1.165, 1.54) is 0 Å². The quantitative estimate of drug-likeness (QED) is 0.711. The van der Waals surface area contributed by atoms with Gasteiger partial charge in [-0.05, 0) is 20.3 Å². The monoisotopic (exact) mass is 351 g/mol. The van der Waals surface area contributed by atoms with E-state index in [0.717, 1.165) is 24.7 Å². The first-order valence-electron chi connectivity index (χ1n) is 8.78. The number of piperazine rings is 1. The number of hydrogen-bond acceptors (Lipinski definition) is 7. The summed E-state index contributed by atoms with van der Waals surface area (Å²) in [6.07, 6.45) is 1.10. The van der Waals surface area contributed by atoms with Gasteiger partial charge >= 0.3 is 0 Å². The van der Waals surface area contributed by atoms with Crippen molar-refractivity contribution < 1.29 is 14.6 Å². The van der Waals surface area contributed by atoms with Gasteiger partial charge in [0.1, 0.15) is 17.5 Å². The van der Waals surface area contributed by atoms with Crippen molar-refractivity contribution in [2.75, 3.05) is 56.7 Å². The Morgan fingerprint density at radius 2 is 2.08 bits per heavy atom. The number of amides is 1. The summed E-state index contributed by atoms with van der Waals surface area (Å²) in [7, 11) is 1.61. The van der Waals surface area contributed by atoms with Crippen molar-refractivity contribution in [3.05, 3.63) is 11.9 Å². The average Bonchev–Trinajstić information content (AvgIpc) is 2.59. The minimum Gasteiger partial charge on any atom is -0.396 e. The molecule has 2 rings (SSSR count). The Morgan fingerprint density at radius 1 is 1.36 bits per heavy atom. The molecule has 1 unspecified atom stereocenters. The molecule has 0 spiro atoms. The summed E-state index contributed by atoms with van der Waals surface area (Å²) < 4.78 is 4.97. The fourth-order valence-electron chi connectivity index (χ4n) is 2.84. The molecular formula is C17H29N5O3. The first-order chi connectivity index (χ1) is 12.0. The molecule has 1 amide bonds. The number of carbonyl (C=O) groups excluding carboxylic acids is 1. The molecule has 1 aliphatic heterocycles. The zero-order valence-electron chi connectivity index (χ0n) is 15.4. The van der Waals surface area contributed by atoms with E-state index in [-0.39, 0.29) is 18.6 Å². The number of nitrogens with zero attached hydrogens (tertiary/aromatic N) is 4. The first kappa shape index (κ1) is 19.4. The first-order valence-corrected chi connectivity index (χ1v) is 8.78. The molecule has 8 heteroatoms. The molecule has 1 fully saturated rings. The van der Waals surface area contributed by atoms with Gasteiger partial charge in [-0.15, -0.1) is 0 Å². The Kier molecular flexibility index (Phi) is 7.39. The topological polar surface area (TPSA) is 90.8 Å². The average molecular weight is 351 g/mol. The highest BCUT2D eigenvalue weighted by molar-refractivity contribution is 5.76. The van der Waals surface area contributed by atoms with E-state index in [2.05, 4.69) is 20.2 Å². The summed E-state index contributed by atoms with van der Waals surface area (Å²) in [5.74, 6) is 2.48. The van der Waals surface area contributed by atoms with E-state index in [0.29, 0.717) is 38.4 Å². The normalized spacial score (nSPS) is 16.0. The standard InChI is InChI=1S/C17H29N5O3/c1-13(4-10-23)18-15-12-16(20-14(2)19-15)21-6-8-22(9-7-21)17(24)5-11-25-3/h12-13,23H,4-11H2,1-3H3,(H,18,19,20). The summed E-state index contributed by atoms with van der Waals surface area (Å²) in [5.41, 5.74) is 0. The molecule has 0 aliphatic carbocycles. The molecule has 1 aromatic rings. The Balaban J connectivity index is 1.96. The van der Waals surface area contributed by atoms with Gasteiger partial charge in [0.2, 0.25) is 5.91 Å². The van der Waals surface area contributed by atoms with Crippen molar-refractivity contribution in [1.29, 1.82) is 0 Å². The van der Waals surface area contributed by atoms with Crippen LogP contribution in [-0.2, 0) is 9.53 Å². The molecular weight excluding hydrogens is 322 g/mol. The molecule has 1 aliphatic rings. The zero-order valence-corrected chi connectivity index (χ0v) is 15.4. The number of ether oxygens (including phenoxy) is 1. The van der Waals surface area contributed by atoms with Gasteiger partial charge in [0.05, 0.1) is 13.0 Å². The van der Waals surface area contributed by atoms with Crippen LogP contribution < -0.4 is 10.2 Å². The van der Waals surface area contributed by atoms with Crippen LogP contribution in [0, 0.1) is 6.92 Å². The van der Waals surface area contributed by atoms with Crippen LogP contribution >= 0.6 is 0 Å². The van der Waals surface area contributed by atoms with E-state index < -0.39 is 0 Å². The van der Waals surface area contributed by atoms with E-state index >= 15 is 0 Å². The Hall–Kier alpha value is -1.93. The third-order valence-corrected chi connectivity index (χ3v) is 4.26. The molecule has 25 heavy (non-hydrogen) atoms. The summed E-state index contributed by atoms with van der Waals surface area (Å²) in [5, 5.41) is 12.3. The minimum absolute atomic E-state index is 0.139. The SMILES string of the molecule is COCCC(=O)N1CCN(c2cc(NC(C)CCO)nc(C)n2)CC1. The molecule has 0 aromatic carbocycles.